The number of pyridine rings is 2. The van der Waals surface area contributed by atoms with Gasteiger partial charge in [-0.1, -0.05) is 65.2 Å². The molecule has 0 radical (unpaired) electrons. The van der Waals surface area contributed by atoms with Crippen LogP contribution in [0.4, 0.5) is 0 Å². The number of rotatable bonds is 14. The molecule has 4 heteroatoms. The SMILES string of the molecule is CCCCCCCCOc1ccc2c(n1)CCc1nc(OCCCCCC)ccc1-2. The summed E-state index contributed by atoms with van der Waals surface area (Å²) in [6.45, 7) is 5.99. The fraction of sp³-hybridized carbons (Fsp3) is 0.615. The average molecular weight is 411 g/mol. The first-order valence-electron chi connectivity index (χ1n) is 12.1. The van der Waals surface area contributed by atoms with E-state index in [1.807, 2.05) is 12.1 Å². The Morgan fingerprint density at radius 3 is 1.53 bits per heavy atom. The molecule has 2 aromatic heterocycles. The molecule has 0 saturated heterocycles. The smallest absolute Gasteiger partial charge is 0.213 e. The fourth-order valence-corrected chi connectivity index (χ4v) is 4.00. The van der Waals surface area contributed by atoms with E-state index in [9.17, 15) is 0 Å². The first kappa shape index (κ1) is 22.6. The van der Waals surface area contributed by atoms with Crippen LogP contribution in [-0.4, -0.2) is 23.2 Å². The number of hydrogen-bond acceptors (Lipinski definition) is 4. The monoisotopic (exact) mass is 410 g/mol. The predicted molar refractivity (Wildman–Crippen MR) is 123 cm³/mol. The first-order valence-corrected chi connectivity index (χ1v) is 12.1. The second-order valence-electron chi connectivity index (χ2n) is 8.31. The van der Waals surface area contributed by atoms with E-state index in [1.165, 1.54) is 62.5 Å². The second kappa shape index (κ2) is 12.6. The normalized spacial score (nSPS) is 12.3. The molecule has 4 nitrogen and oxygen atoms in total. The van der Waals surface area contributed by atoms with Gasteiger partial charge in [-0.05, 0) is 37.8 Å². The standard InChI is InChI=1S/C26H38N2O2/c1-3-5-7-9-10-12-20-30-26-18-14-22-21-13-17-25(29-19-11-8-6-4-2)27-23(21)15-16-24(22)28-26/h13-14,17-18H,3-12,15-16,19-20H2,1-2H3. The van der Waals surface area contributed by atoms with Crippen molar-refractivity contribution in [3.05, 3.63) is 35.7 Å². The van der Waals surface area contributed by atoms with Gasteiger partial charge < -0.3 is 9.47 Å². The van der Waals surface area contributed by atoms with E-state index in [2.05, 4.69) is 26.0 Å². The van der Waals surface area contributed by atoms with Gasteiger partial charge in [-0.3, -0.25) is 0 Å². The van der Waals surface area contributed by atoms with Crippen LogP contribution in [-0.2, 0) is 12.8 Å². The van der Waals surface area contributed by atoms with Gasteiger partial charge in [0.25, 0.3) is 0 Å². The van der Waals surface area contributed by atoms with Crippen LogP contribution in [0.15, 0.2) is 24.3 Å². The van der Waals surface area contributed by atoms with Gasteiger partial charge in [-0.2, -0.15) is 0 Å². The molecule has 2 aromatic rings. The van der Waals surface area contributed by atoms with Crippen molar-refractivity contribution in [1.29, 1.82) is 0 Å². The fourth-order valence-electron chi connectivity index (χ4n) is 4.00. The third-order valence-corrected chi connectivity index (χ3v) is 5.78. The van der Waals surface area contributed by atoms with Gasteiger partial charge in [-0.15, -0.1) is 0 Å². The minimum atomic E-state index is 0.751. The number of unbranched alkanes of at least 4 members (excludes halogenated alkanes) is 8. The molecule has 0 saturated carbocycles. The highest BCUT2D eigenvalue weighted by Gasteiger charge is 2.19. The number of ether oxygens (including phenoxy) is 2. The van der Waals surface area contributed by atoms with Crippen molar-refractivity contribution >= 4 is 0 Å². The van der Waals surface area contributed by atoms with E-state index in [0.717, 1.165) is 62.0 Å². The van der Waals surface area contributed by atoms with Gasteiger partial charge >= 0.3 is 0 Å². The zero-order valence-electron chi connectivity index (χ0n) is 18.9. The number of nitrogens with zero attached hydrogens (tertiary/aromatic N) is 2. The molecule has 0 bridgehead atoms. The summed E-state index contributed by atoms with van der Waals surface area (Å²) in [5.74, 6) is 1.51. The molecule has 0 fully saturated rings. The minimum Gasteiger partial charge on any atom is -0.478 e. The number of aromatic nitrogens is 2. The highest BCUT2D eigenvalue weighted by molar-refractivity contribution is 5.71. The van der Waals surface area contributed by atoms with E-state index in [-0.39, 0.29) is 0 Å². The van der Waals surface area contributed by atoms with Crippen LogP contribution in [0.25, 0.3) is 11.1 Å². The van der Waals surface area contributed by atoms with Crippen molar-refractivity contribution in [1.82, 2.24) is 9.97 Å². The largest absolute Gasteiger partial charge is 0.478 e. The van der Waals surface area contributed by atoms with Gasteiger partial charge in [0.05, 0.1) is 24.6 Å². The van der Waals surface area contributed by atoms with Gasteiger partial charge in [0.1, 0.15) is 0 Å². The summed E-state index contributed by atoms with van der Waals surface area (Å²) in [6.07, 6.45) is 14.3. The van der Waals surface area contributed by atoms with E-state index in [1.54, 1.807) is 0 Å². The minimum absolute atomic E-state index is 0.751. The second-order valence-corrected chi connectivity index (χ2v) is 8.31. The van der Waals surface area contributed by atoms with Crippen molar-refractivity contribution in [3.8, 4) is 22.9 Å². The van der Waals surface area contributed by atoms with Gasteiger partial charge in [-0.25, -0.2) is 9.97 Å². The topological polar surface area (TPSA) is 44.2 Å². The lowest BCUT2D eigenvalue weighted by molar-refractivity contribution is 0.291. The third-order valence-electron chi connectivity index (χ3n) is 5.78. The highest BCUT2D eigenvalue weighted by Crippen LogP contribution is 2.34. The lowest BCUT2D eigenvalue weighted by Gasteiger charge is -2.19. The van der Waals surface area contributed by atoms with E-state index < -0.39 is 0 Å². The summed E-state index contributed by atoms with van der Waals surface area (Å²) < 4.78 is 11.8. The molecule has 0 N–H and O–H groups in total. The summed E-state index contributed by atoms with van der Waals surface area (Å²) in [5, 5.41) is 0. The molecule has 0 aromatic carbocycles. The first-order chi connectivity index (χ1) is 14.8. The van der Waals surface area contributed by atoms with E-state index in [4.69, 9.17) is 19.4 Å². The molecular formula is C26H38N2O2. The molecule has 0 spiro atoms. The summed E-state index contributed by atoms with van der Waals surface area (Å²) >= 11 is 0. The summed E-state index contributed by atoms with van der Waals surface area (Å²) in [7, 11) is 0. The van der Waals surface area contributed by atoms with Crippen molar-refractivity contribution in [2.75, 3.05) is 13.2 Å². The molecule has 0 amide bonds. The third kappa shape index (κ3) is 6.72. The van der Waals surface area contributed by atoms with Crippen LogP contribution in [0.1, 0.15) is 89.4 Å². The Labute approximate surface area is 182 Å². The maximum absolute atomic E-state index is 5.91. The number of fused-ring (bicyclic) bond motifs is 3. The molecule has 30 heavy (non-hydrogen) atoms. The van der Waals surface area contributed by atoms with Crippen LogP contribution in [0, 0.1) is 0 Å². The average Bonchev–Trinajstić information content (AvgIpc) is 2.78. The number of aryl methyl sites for hydroxylation is 2. The molecule has 3 rings (SSSR count). The molecular weight excluding hydrogens is 372 g/mol. The van der Waals surface area contributed by atoms with Crippen molar-refractivity contribution in [2.45, 2.75) is 90.9 Å². The van der Waals surface area contributed by atoms with Gasteiger partial charge in [0, 0.05) is 23.3 Å². The Balaban J connectivity index is 1.51. The Morgan fingerprint density at radius 1 is 0.600 bits per heavy atom. The zero-order valence-corrected chi connectivity index (χ0v) is 18.9. The predicted octanol–water partition coefficient (Wildman–Crippen LogP) is 6.94. The maximum Gasteiger partial charge on any atom is 0.213 e. The van der Waals surface area contributed by atoms with Crippen LogP contribution in [0.5, 0.6) is 11.8 Å². The van der Waals surface area contributed by atoms with Crippen LogP contribution < -0.4 is 9.47 Å². The van der Waals surface area contributed by atoms with Gasteiger partial charge in [0.2, 0.25) is 11.8 Å². The molecule has 1 aliphatic carbocycles. The van der Waals surface area contributed by atoms with Crippen molar-refractivity contribution in [3.63, 3.8) is 0 Å². The van der Waals surface area contributed by atoms with E-state index in [0.29, 0.717) is 0 Å². The van der Waals surface area contributed by atoms with Crippen LogP contribution in [0.2, 0.25) is 0 Å². The maximum atomic E-state index is 5.91. The zero-order chi connectivity index (χ0) is 21.0. The molecule has 0 unspecified atom stereocenters. The van der Waals surface area contributed by atoms with Crippen molar-refractivity contribution in [2.24, 2.45) is 0 Å². The summed E-state index contributed by atoms with van der Waals surface area (Å²) in [6, 6.07) is 8.28. The lowest BCUT2D eigenvalue weighted by atomic mass is 9.92. The Hall–Kier alpha value is -2.10. The molecule has 0 aliphatic heterocycles. The van der Waals surface area contributed by atoms with Crippen LogP contribution >= 0.6 is 0 Å². The Bertz CT molecular complexity index is 776. The lowest BCUT2D eigenvalue weighted by Crippen LogP contribution is -2.10. The molecule has 164 valence electrons. The van der Waals surface area contributed by atoms with E-state index >= 15 is 0 Å². The molecule has 1 aliphatic rings. The molecule has 2 heterocycles. The highest BCUT2D eigenvalue weighted by atomic mass is 16.5. The van der Waals surface area contributed by atoms with Crippen LogP contribution in [0.3, 0.4) is 0 Å². The summed E-state index contributed by atoms with van der Waals surface area (Å²) in [4.78, 5) is 9.54. The van der Waals surface area contributed by atoms with Crippen molar-refractivity contribution < 1.29 is 9.47 Å². The molecule has 0 atom stereocenters. The number of hydrogen-bond donors (Lipinski definition) is 0. The Kier molecular flexibility index (Phi) is 9.46. The van der Waals surface area contributed by atoms with Gasteiger partial charge in [0.15, 0.2) is 0 Å². The Morgan fingerprint density at radius 2 is 1.03 bits per heavy atom. The quantitative estimate of drug-likeness (QED) is 0.316. The summed E-state index contributed by atoms with van der Waals surface area (Å²) in [5.41, 5.74) is 4.61.